The van der Waals surface area contributed by atoms with Crippen molar-refractivity contribution in [2.45, 2.75) is 38.5 Å². The van der Waals surface area contributed by atoms with Gasteiger partial charge < -0.3 is 4.74 Å². The monoisotopic (exact) mass is 184 g/mol. The van der Waals surface area contributed by atoms with E-state index in [1.54, 1.807) is 4.91 Å². The van der Waals surface area contributed by atoms with Crippen molar-refractivity contribution in [3.63, 3.8) is 0 Å². The van der Waals surface area contributed by atoms with E-state index in [0.29, 0.717) is 0 Å². The number of allylic oxidation sites excluding steroid dienone is 2. The van der Waals surface area contributed by atoms with Crippen LogP contribution in [0.15, 0.2) is 10.7 Å². The molecule has 0 aromatic heterocycles. The lowest BCUT2D eigenvalue weighted by Gasteiger charge is -2.22. The van der Waals surface area contributed by atoms with Crippen LogP contribution in [0.5, 0.6) is 0 Å². The molecule has 0 atom stereocenters. The molecule has 0 aromatic carbocycles. The average molecular weight is 184 g/mol. The summed E-state index contributed by atoms with van der Waals surface area (Å²) in [5, 5.41) is 0. The van der Waals surface area contributed by atoms with Gasteiger partial charge in [-0.05, 0) is 37.9 Å². The molecule has 0 fully saturated rings. The molecule has 1 nitrogen and oxygen atoms in total. The van der Waals surface area contributed by atoms with Gasteiger partial charge in [0, 0.05) is 11.3 Å². The molecule has 0 unspecified atom stereocenters. The fraction of sp³-hybridized carbons (Fsp3) is 0.800. The number of thioether (sulfide) groups is 1. The maximum Gasteiger partial charge on any atom is 0.105 e. The summed E-state index contributed by atoms with van der Waals surface area (Å²) < 4.78 is 5.75. The molecule has 0 spiro atoms. The first-order chi connectivity index (χ1) is 5.97. The lowest BCUT2D eigenvalue weighted by atomic mass is 10.1. The third-order valence-electron chi connectivity index (χ3n) is 2.46. The molecule has 0 saturated carbocycles. The predicted molar refractivity (Wildman–Crippen MR) is 53.1 cm³/mol. The molecule has 0 radical (unpaired) electrons. The minimum absolute atomic E-state index is 0.958. The highest BCUT2D eigenvalue weighted by Gasteiger charge is 2.15. The average Bonchev–Trinajstić information content (AvgIpc) is 2.06. The van der Waals surface area contributed by atoms with Crippen molar-refractivity contribution in [1.82, 2.24) is 0 Å². The molecule has 0 bridgehead atoms. The zero-order valence-electron chi connectivity index (χ0n) is 7.47. The Balaban J connectivity index is 2.06. The Morgan fingerprint density at radius 2 is 1.92 bits per heavy atom. The Morgan fingerprint density at radius 1 is 1.00 bits per heavy atom. The molecule has 1 heterocycles. The molecule has 68 valence electrons. The van der Waals surface area contributed by atoms with Gasteiger partial charge in [-0.25, -0.2) is 0 Å². The fourth-order valence-electron chi connectivity index (χ4n) is 1.75. The quantitative estimate of drug-likeness (QED) is 0.571. The molecule has 1 aliphatic carbocycles. The number of ether oxygens (including phenoxy) is 1. The van der Waals surface area contributed by atoms with Crippen LogP contribution in [-0.2, 0) is 4.74 Å². The standard InChI is InChI=1S/C10H16OS/c1-2-6-10-9(5-1)11-7-3-4-8-12-10/h1-8H2. The van der Waals surface area contributed by atoms with Crippen LogP contribution in [0.3, 0.4) is 0 Å². The maximum absolute atomic E-state index is 5.75. The molecule has 12 heavy (non-hydrogen) atoms. The van der Waals surface area contributed by atoms with Crippen LogP contribution in [0, 0.1) is 0 Å². The Kier molecular flexibility index (Phi) is 2.98. The van der Waals surface area contributed by atoms with Gasteiger partial charge in [-0.3, -0.25) is 0 Å². The van der Waals surface area contributed by atoms with Gasteiger partial charge in [0.05, 0.1) is 6.61 Å². The molecule has 0 saturated heterocycles. The Bertz CT molecular complexity index is 166. The normalized spacial score (nSPS) is 25.3. The fourth-order valence-corrected chi connectivity index (χ4v) is 2.96. The van der Waals surface area contributed by atoms with Crippen molar-refractivity contribution in [3.05, 3.63) is 10.7 Å². The molecule has 2 heteroatoms. The lowest BCUT2D eigenvalue weighted by Crippen LogP contribution is -2.06. The van der Waals surface area contributed by atoms with Crippen LogP contribution in [0.1, 0.15) is 38.5 Å². The summed E-state index contributed by atoms with van der Waals surface area (Å²) in [6, 6.07) is 0. The highest BCUT2D eigenvalue weighted by molar-refractivity contribution is 8.03. The largest absolute Gasteiger partial charge is 0.497 e. The molecule has 0 aromatic rings. The van der Waals surface area contributed by atoms with E-state index in [1.165, 1.54) is 50.0 Å². The Labute approximate surface area is 78.6 Å². The first-order valence-electron chi connectivity index (χ1n) is 4.94. The number of hydrogen-bond donors (Lipinski definition) is 0. The summed E-state index contributed by atoms with van der Waals surface area (Å²) in [7, 11) is 0. The van der Waals surface area contributed by atoms with E-state index < -0.39 is 0 Å². The van der Waals surface area contributed by atoms with Crippen molar-refractivity contribution in [2.75, 3.05) is 12.4 Å². The second kappa shape index (κ2) is 4.22. The van der Waals surface area contributed by atoms with Gasteiger partial charge in [0.25, 0.3) is 0 Å². The van der Waals surface area contributed by atoms with Crippen molar-refractivity contribution < 1.29 is 4.74 Å². The van der Waals surface area contributed by atoms with Crippen LogP contribution < -0.4 is 0 Å². The molecule has 2 aliphatic rings. The van der Waals surface area contributed by atoms with E-state index in [4.69, 9.17) is 4.74 Å². The van der Waals surface area contributed by atoms with Gasteiger partial charge in [-0.1, -0.05) is 0 Å². The summed E-state index contributed by atoms with van der Waals surface area (Å²) in [6.45, 7) is 0.958. The summed E-state index contributed by atoms with van der Waals surface area (Å²) in [5.41, 5.74) is 0. The zero-order chi connectivity index (χ0) is 8.23. The van der Waals surface area contributed by atoms with Crippen LogP contribution in [0.25, 0.3) is 0 Å². The van der Waals surface area contributed by atoms with E-state index in [2.05, 4.69) is 0 Å². The molecule has 1 aliphatic heterocycles. The molecule has 0 amide bonds. The van der Waals surface area contributed by atoms with Gasteiger partial charge in [0.15, 0.2) is 0 Å². The molecule has 0 N–H and O–H groups in total. The molecular weight excluding hydrogens is 168 g/mol. The highest BCUT2D eigenvalue weighted by Crippen LogP contribution is 2.35. The van der Waals surface area contributed by atoms with Crippen molar-refractivity contribution in [3.8, 4) is 0 Å². The van der Waals surface area contributed by atoms with Crippen molar-refractivity contribution >= 4 is 11.8 Å². The Hall–Kier alpha value is -0.110. The van der Waals surface area contributed by atoms with Gasteiger partial charge >= 0.3 is 0 Å². The van der Waals surface area contributed by atoms with Crippen molar-refractivity contribution in [2.24, 2.45) is 0 Å². The second-order valence-electron chi connectivity index (χ2n) is 3.46. The zero-order valence-corrected chi connectivity index (χ0v) is 8.29. The minimum atomic E-state index is 0.958. The van der Waals surface area contributed by atoms with E-state index in [1.807, 2.05) is 11.8 Å². The molecule has 2 rings (SSSR count). The smallest absolute Gasteiger partial charge is 0.105 e. The topological polar surface area (TPSA) is 9.23 Å². The van der Waals surface area contributed by atoms with Crippen LogP contribution in [0.2, 0.25) is 0 Å². The first-order valence-corrected chi connectivity index (χ1v) is 5.93. The van der Waals surface area contributed by atoms with Gasteiger partial charge in [0.2, 0.25) is 0 Å². The van der Waals surface area contributed by atoms with Gasteiger partial charge in [0.1, 0.15) is 5.76 Å². The summed E-state index contributed by atoms with van der Waals surface area (Å²) in [5.74, 6) is 2.63. The molecular formula is C10H16OS. The van der Waals surface area contributed by atoms with Crippen LogP contribution in [-0.4, -0.2) is 12.4 Å². The maximum atomic E-state index is 5.75. The summed E-state index contributed by atoms with van der Waals surface area (Å²) >= 11 is 2.04. The van der Waals surface area contributed by atoms with Crippen LogP contribution >= 0.6 is 11.8 Å². The number of rotatable bonds is 0. The van der Waals surface area contributed by atoms with Gasteiger partial charge in [-0.2, -0.15) is 0 Å². The van der Waals surface area contributed by atoms with E-state index in [0.717, 1.165) is 6.61 Å². The first kappa shape index (κ1) is 8.49. The van der Waals surface area contributed by atoms with Gasteiger partial charge in [-0.15, -0.1) is 11.8 Å². The van der Waals surface area contributed by atoms with Crippen LogP contribution in [0.4, 0.5) is 0 Å². The highest BCUT2D eigenvalue weighted by atomic mass is 32.2. The third-order valence-corrected chi connectivity index (χ3v) is 3.73. The number of hydrogen-bond acceptors (Lipinski definition) is 2. The van der Waals surface area contributed by atoms with E-state index >= 15 is 0 Å². The summed E-state index contributed by atoms with van der Waals surface area (Å²) in [4.78, 5) is 1.56. The second-order valence-corrected chi connectivity index (χ2v) is 4.65. The van der Waals surface area contributed by atoms with Crippen molar-refractivity contribution in [1.29, 1.82) is 0 Å². The summed E-state index contributed by atoms with van der Waals surface area (Å²) in [6.07, 6.45) is 7.74. The predicted octanol–water partition coefficient (Wildman–Crippen LogP) is 3.32. The Morgan fingerprint density at radius 3 is 2.92 bits per heavy atom. The lowest BCUT2D eigenvalue weighted by molar-refractivity contribution is 0.189. The SMILES string of the molecule is C1CCSC2=C(CCCC2)OC1. The minimum Gasteiger partial charge on any atom is -0.497 e. The van der Waals surface area contributed by atoms with E-state index in [9.17, 15) is 0 Å². The third kappa shape index (κ3) is 1.98. The van der Waals surface area contributed by atoms with E-state index in [-0.39, 0.29) is 0 Å².